The van der Waals surface area contributed by atoms with Crippen molar-refractivity contribution in [2.75, 3.05) is 23.3 Å². The SMILES string of the molecule is C=C(CN=O)Nc1c(F)cc(N2C[C@H](Cn3ccnn3)OC2=O)cc1F. The standard InChI is InChI=1S/C15H14F2N6O3/c1-9(6-19-25)20-14-12(16)4-10(5-13(14)17)23-8-11(26-15(23)24)7-22-3-2-18-21-22/h2-5,11,20H,1,6-8H2/t11-/m0/s1. The molecule has 1 aliphatic heterocycles. The summed E-state index contributed by atoms with van der Waals surface area (Å²) in [6.45, 7) is 3.49. The number of nitroso groups, excluding NO2 is 1. The topological polar surface area (TPSA) is 102 Å². The first kappa shape index (κ1) is 17.5. The van der Waals surface area contributed by atoms with E-state index < -0.39 is 29.5 Å². The van der Waals surface area contributed by atoms with Crippen molar-refractivity contribution < 1.29 is 18.3 Å². The number of carbonyl (C=O) groups is 1. The lowest BCUT2D eigenvalue weighted by Gasteiger charge is -2.16. The van der Waals surface area contributed by atoms with E-state index in [1.807, 2.05) is 0 Å². The lowest BCUT2D eigenvalue weighted by atomic mass is 10.2. The minimum absolute atomic E-state index is 0.00997. The average Bonchev–Trinajstić information content (AvgIpc) is 3.21. The maximum Gasteiger partial charge on any atom is 0.414 e. The molecule has 1 saturated heterocycles. The Morgan fingerprint density at radius 3 is 2.77 bits per heavy atom. The molecule has 9 nitrogen and oxygen atoms in total. The van der Waals surface area contributed by atoms with Gasteiger partial charge in [0, 0.05) is 24.0 Å². The molecule has 0 radical (unpaired) electrons. The van der Waals surface area contributed by atoms with Crippen LogP contribution in [-0.2, 0) is 11.3 Å². The molecule has 1 aromatic heterocycles. The van der Waals surface area contributed by atoms with Crippen LogP contribution in [0.3, 0.4) is 0 Å². The van der Waals surface area contributed by atoms with Crippen LogP contribution in [0.25, 0.3) is 0 Å². The van der Waals surface area contributed by atoms with E-state index >= 15 is 0 Å². The highest BCUT2D eigenvalue weighted by atomic mass is 19.1. The summed E-state index contributed by atoms with van der Waals surface area (Å²) in [4.78, 5) is 23.3. The number of hydrogen-bond acceptors (Lipinski definition) is 7. The molecule has 11 heteroatoms. The van der Waals surface area contributed by atoms with Gasteiger partial charge in [-0.3, -0.25) is 4.90 Å². The van der Waals surface area contributed by atoms with E-state index in [9.17, 15) is 18.5 Å². The van der Waals surface area contributed by atoms with Crippen molar-refractivity contribution in [3.05, 3.63) is 53.3 Å². The molecule has 0 spiro atoms. The second-order valence-electron chi connectivity index (χ2n) is 5.54. The van der Waals surface area contributed by atoms with Gasteiger partial charge in [-0.2, -0.15) is 4.91 Å². The van der Waals surface area contributed by atoms with Crippen LogP contribution >= 0.6 is 0 Å². The Labute approximate surface area is 146 Å². The van der Waals surface area contributed by atoms with E-state index in [-0.39, 0.29) is 31.0 Å². The summed E-state index contributed by atoms with van der Waals surface area (Å²) in [5.41, 5.74) is -0.427. The summed E-state index contributed by atoms with van der Waals surface area (Å²) in [6.07, 6.45) is 1.84. The van der Waals surface area contributed by atoms with Crippen LogP contribution < -0.4 is 10.2 Å². The van der Waals surface area contributed by atoms with Crippen LogP contribution in [0.15, 0.2) is 42.0 Å². The van der Waals surface area contributed by atoms with Crippen molar-refractivity contribution in [2.45, 2.75) is 12.6 Å². The van der Waals surface area contributed by atoms with Crippen LogP contribution in [-0.4, -0.2) is 40.3 Å². The maximum atomic E-state index is 14.2. The lowest BCUT2D eigenvalue weighted by Crippen LogP contribution is -2.26. The van der Waals surface area contributed by atoms with E-state index in [0.717, 1.165) is 17.0 Å². The fourth-order valence-electron chi connectivity index (χ4n) is 2.50. The Kier molecular flexibility index (Phi) is 4.87. The number of amides is 1. The molecule has 1 atom stereocenters. The third kappa shape index (κ3) is 3.66. The first-order chi connectivity index (χ1) is 12.5. The van der Waals surface area contributed by atoms with Gasteiger partial charge in [0.15, 0.2) is 11.6 Å². The summed E-state index contributed by atoms with van der Waals surface area (Å²) in [5, 5.41) is 12.4. The van der Waals surface area contributed by atoms with Crippen LogP contribution in [0, 0.1) is 16.5 Å². The molecule has 0 bridgehead atoms. The molecule has 136 valence electrons. The van der Waals surface area contributed by atoms with Gasteiger partial charge in [-0.25, -0.2) is 18.3 Å². The van der Waals surface area contributed by atoms with Crippen LogP contribution in [0.5, 0.6) is 0 Å². The minimum Gasteiger partial charge on any atom is -0.442 e. The summed E-state index contributed by atoms with van der Waals surface area (Å²) >= 11 is 0. The van der Waals surface area contributed by atoms with Crippen molar-refractivity contribution in [3.63, 3.8) is 0 Å². The molecule has 0 aliphatic carbocycles. The van der Waals surface area contributed by atoms with E-state index in [0.29, 0.717) is 0 Å². The molecule has 2 aromatic rings. The van der Waals surface area contributed by atoms with Crippen LogP contribution in [0.1, 0.15) is 0 Å². The summed E-state index contributed by atoms with van der Waals surface area (Å²) < 4.78 is 35.2. The van der Waals surface area contributed by atoms with Crippen molar-refractivity contribution in [1.82, 2.24) is 15.0 Å². The van der Waals surface area contributed by atoms with Gasteiger partial charge < -0.3 is 10.1 Å². The van der Waals surface area contributed by atoms with Crippen LogP contribution in [0.2, 0.25) is 0 Å². The number of nitrogens with zero attached hydrogens (tertiary/aromatic N) is 5. The Bertz CT molecular complexity index is 819. The smallest absolute Gasteiger partial charge is 0.414 e. The summed E-state index contributed by atoms with van der Waals surface area (Å²) in [6, 6.07) is 1.98. The Hall–Kier alpha value is -3.37. The molecule has 3 rings (SSSR count). The molecule has 1 aromatic carbocycles. The largest absolute Gasteiger partial charge is 0.442 e. The number of benzene rings is 1. The molecular formula is C15H14F2N6O3. The highest BCUT2D eigenvalue weighted by molar-refractivity contribution is 5.90. The van der Waals surface area contributed by atoms with Gasteiger partial charge in [-0.15, -0.1) is 5.10 Å². The molecule has 1 aliphatic rings. The molecule has 1 N–H and O–H groups in total. The zero-order valence-corrected chi connectivity index (χ0v) is 13.4. The number of cyclic esters (lactones) is 1. The van der Waals surface area contributed by atoms with E-state index in [4.69, 9.17) is 4.74 Å². The second kappa shape index (κ2) is 7.25. The third-order valence-electron chi connectivity index (χ3n) is 3.63. The van der Waals surface area contributed by atoms with Gasteiger partial charge in [0.05, 0.1) is 25.0 Å². The van der Waals surface area contributed by atoms with E-state index in [2.05, 4.69) is 27.4 Å². The Morgan fingerprint density at radius 1 is 1.42 bits per heavy atom. The zero-order valence-electron chi connectivity index (χ0n) is 13.4. The predicted octanol–water partition coefficient (Wildman–Crippen LogP) is 2.27. The number of hydrogen-bond donors (Lipinski definition) is 1. The van der Waals surface area contributed by atoms with Crippen molar-refractivity contribution in [2.24, 2.45) is 5.18 Å². The van der Waals surface area contributed by atoms with Gasteiger partial charge in [0.25, 0.3) is 0 Å². The molecule has 2 heterocycles. The highest BCUT2D eigenvalue weighted by Gasteiger charge is 2.33. The van der Waals surface area contributed by atoms with E-state index in [1.165, 1.54) is 10.9 Å². The first-order valence-electron chi connectivity index (χ1n) is 7.53. The average molecular weight is 364 g/mol. The van der Waals surface area contributed by atoms with Gasteiger partial charge in [0.2, 0.25) is 0 Å². The van der Waals surface area contributed by atoms with Gasteiger partial charge >= 0.3 is 6.09 Å². The maximum absolute atomic E-state index is 14.2. The number of aromatic nitrogens is 3. The predicted molar refractivity (Wildman–Crippen MR) is 87.4 cm³/mol. The zero-order chi connectivity index (χ0) is 18.7. The van der Waals surface area contributed by atoms with Gasteiger partial charge in [-0.05, 0) is 0 Å². The minimum atomic E-state index is -0.945. The molecule has 26 heavy (non-hydrogen) atoms. The highest BCUT2D eigenvalue weighted by Crippen LogP contribution is 2.29. The van der Waals surface area contributed by atoms with Crippen molar-refractivity contribution >= 4 is 17.5 Å². The normalized spacial score (nSPS) is 16.5. The molecular weight excluding hydrogens is 350 g/mol. The number of nitrogens with one attached hydrogen (secondary N) is 1. The number of anilines is 2. The lowest BCUT2D eigenvalue weighted by molar-refractivity contribution is 0.129. The Morgan fingerprint density at radius 2 is 2.15 bits per heavy atom. The van der Waals surface area contributed by atoms with Gasteiger partial charge in [-0.1, -0.05) is 17.0 Å². The molecule has 1 amide bonds. The number of halogens is 2. The fraction of sp³-hybridized carbons (Fsp3) is 0.267. The molecule has 0 saturated carbocycles. The fourth-order valence-corrected chi connectivity index (χ4v) is 2.50. The Balaban J connectivity index is 1.75. The quantitative estimate of drug-likeness (QED) is 0.756. The number of ether oxygens (including phenoxy) is 1. The van der Waals surface area contributed by atoms with E-state index in [1.54, 1.807) is 6.20 Å². The van der Waals surface area contributed by atoms with Gasteiger partial charge in [0.1, 0.15) is 18.3 Å². The monoisotopic (exact) mass is 364 g/mol. The molecule has 1 fully saturated rings. The second-order valence-corrected chi connectivity index (χ2v) is 5.54. The first-order valence-corrected chi connectivity index (χ1v) is 7.53. The molecule has 0 unspecified atom stereocenters. The third-order valence-corrected chi connectivity index (χ3v) is 3.63. The number of carbonyl (C=O) groups excluding carboxylic acids is 1. The summed E-state index contributed by atoms with van der Waals surface area (Å²) in [7, 11) is 0. The summed E-state index contributed by atoms with van der Waals surface area (Å²) in [5.74, 6) is -1.89. The number of rotatable bonds is 7. The van der Waals surface area contributed by atoms with Crippen LogP contribution in [0.4, 0.5) is 25.0 Å². The van der Waals surface area contributed by atoms with Crippen molar-refractivity contribution in [1.29, 1.82) is 0 Å². The van der Waals surface area contributed by atoms with Crippen molar-refractivity contribution in [3.8, 4) is 0 Å².